The van der Waals surface area contributed by atoms with Gasteiger partial charge in [-0.25, -0.2) is 4.98 Å². The summed E-state index contributed by atoms with van der Waals surface area (Å²) in [7, 11) is 0. The molecule has 0 N–H and O–H groups in total. The Bertz CT molecular complexity index is 398. The zero-order chi connectivity index (χ0) is 7.84. The van der Waals surface area contributed by atoms with Crippen LogP contribution in [-0.4, -0.2) is 4.98 Å². The van der Waals surface area contributed by atoms with Crippen molar-refractivity contribution in [1.82, 2.24) is 4.98 Å². The maximum Gasteiger partial charge on any atom is 0.184 e. The number of halogens is 2. The normalized spacial score (nSPS) is 10.7. The molecule has 0 aliphatic rings. The Hall–Kier alpha value is 0.130. The van der Waals surface area contributed by atoms with Crippen molar-refractivity contribution in [3.63, 3.8) is 0 Å². The first kappa shape index (κ1) is 7.76. The standard InChI is InChI=1S/C7H3ClINS/c8-7-10-5-3-4(9)1-2-6(5)11-7/h1-3H. The minimum atomic E-state index is 0.613. The van der Waals surface area contributed by atoms with Crippen LogP contribution in [0.4, 0.5) is 0 Å². The molecule has 0 atom stereocenters. The average molecular weight is 296 g/mol. The van der Waals surface area contributed by atoms with E-state index >= 15 is 0 Å². The summed E-state index contributed by atoms with van der Waals surface area (Å²) < 4.78 is 2.95. The van der Waals surface area contributed by atoms with Crippen LogP contribution in [0, 0.1) is 3.57 Å². The van der Waals surface area contributed by atoms with Crippen LogP contribution in [0.3, 0.4) is 0 Å². The summed E-state index contributed by atoms with van der Waals surface area (Å²) in [5.41, 5.74) is 0.993. The molecule has 4 heteroatoms. The smallest absolute Gasteiger partial charge is 0.184 e. The molecular formula is C7H3ClINS. The second-order valence-electron chi connectivity index (χ2n) is 2.08. The topological polar surface area (TPSA) is 12.9 Å². The van der Waals surface area contributed by atoms with Gasteiger partial charge in [0.05, 0.1) is 10.2 Å². The van der Waals surface area contributed by atoms with Crippen molar-refractivity contribution in [3.8, 4) is 0 Å². The largest absolute Gasteiger partial charge is 0.225 e. The molecule has 56 valence electrons. The summed E-state index contributed by atoms with van der Waals surface area (Å²) in [5.74, 6) is 0. The minimum Gasteiger partial charge on any atom is -0.225 e. The highest BCUT2D eigenvalue weighted by molar-refractivity contribution is 14.1. The molecule has 0 spiro atoms. The molecule has 1 nitrogen and oxygen atoms in total. The number of benzene rings is 1. The van der Waals surface area contributed by atoms with E-state index < -0.39 is 0 Å². The van der Waals surface area contributed by atoms with Gasteiger partial charge < -0.3 is 0 Å². The Labute approximate surface area is 86.5 Å². The molecule has 1 heterocycles. The third-order valence-electron chi connectivity index (χ3n) is 1.32. The van der Waals surface area contributed by atoms with E-state index in [1.807, 2.05) is 12.1 Å². The van der Waals surface area contributed by atoms with Gasteiger partial charge in [0.2, 0.25) is 0 Å². The van der Waals surface area contributed by atoms with E-state index in [9.17, 15) is 0 Å². The summed E-state index contributed by atoms with van der Waals surface area (Å²) in [6.45, 7) is 0. The first-order valence-corrected chi connectivity index (χ1v) is 5.24. The van der Waals surface area contributed by atoms with Gasteiger partial charge in [-0.2, -0.15) is 0 Å². The molecule has 1 aromatic heterocycles. The van der Waals surface area contributed by atoms with Crippen molar-refractivity contribution in [1.29, 1.82) is 0 Å². The SMILES string of the molecule is Clc1nc2cc(I)ccc2s1. The molecule has 0 aliphatic carbocycles. The molecule has 11 heavy (non-hydrogen) atoms. The zero-order valence-corrected chi connectivity index (χ0v) is 9.07. The van der Waals surface area contributed by atoms with Crippen LogP contribution in [0.5, 0.6) is 0 Å². The van der Waals surface area contributed by atoms with Gasteiger partial charge in [-0.05, 0) is 40.8 Å². The molecule has 0 bridgehead atoms. The number of aromatic nitrogens is 1. The van der Waals surface area contributed by atoms with Gasteiger partial charge in [0, 0.05) is 3.57 Å². The van der Waals surface area contributed by atoms with Crippen LogP contribution >= 0.6 is 45.5 Å². The highest BCUT2D eigenvalue weighted by Crippen LogP contribution is 2.26. The van der Waals surface area contributed by atoms with E-state index in [1.165, 1.54) is 14.9 Å². The number of nitrogens with zero attached hydrogens (tertiary/aromatic N) is 1. The first-order chi connectivity index (χ1) is 5.25. The minimum absolute atomic E-state index is 0.613. The predicted molar refractivity (Wildman–Crippen MR) is 57.3 cm³/mol. The van der Waals surface area contributed by atoms with Gasteiger partial charge in [0.1, 0.15) is 0 Å². The zero-order valence-electron chi connectivity index (χ0n) is 5.34. The number of hydrogen-bond acceptors (Lipinski definition) is 2. The van der Waals surface area contributed by atoms with Crippen molar-refractivity contribution < 1.29 is 0 Å². The number of hydrogen-bond donors (Lipinski definition) is 0. The van der Waals surface area contributed by atoms with Gasteiger partial charge in [-0.3, -0.25) is 0 Å². The lowest BCUT2D eigenvalue weighted by molar-refractivity contribution is 1.49. The Balaban J connectivity index is 2.82. The van der Waals surface area contributed by atoms with Gasteiger partial charge in [0.25, 0.3) is 0 Å². The highest BCUT2D eigenvalue weighted by atomic mass is 127. The number of rotatable bonds is 0. The number of thiazole rings is 1. The second-order valence-corrected chi connectivity index (χ2v) is 4.94. The Morgan fingerprint density at radius 2 is 2.27 bits per heavy atom. The molecule has 0 aliphatic heterocycles. The molecule has 0 radical (unpaired) electrons. The Kier molecular flexibility index (Phi) is 2.03. The molecule has 0 unspecified atom stereocenters. The van der Waals surface area contributed by atoms with E-state index in [4.69, 9.17) is 11.6 Å². The summed E-state index contributed by atoms with van der Waals surface area (Å²) in [5, 5.41) is 0. The molecule has 1 aromatic carbocycles. The van der Waals surface area contributed by atoms with Crippen LogP contribution in [-0.2, 0) is 0 Å². The summed E-state index contributed by atoms with van der Waals surface area (Å²) in [6.07, 6.45) is 0. The van der Waals surface area contributed by atoms with E-state index in [0.29, 0.717) is 4.47 Å². The highest BCUT2D eigenvalue weighted by Gasteiger charge is 2.00. The molecular weight excluding hydrogens is 293 g/mol. The van der Waals surface area contributed by atoms with Gasteiger partial charge in [-0.15, -0.1) is 11.3 Å². The van der Waals surface area contributed by atoms with Crippen molar-refractivity contribution in [3.05, 3.63) is 26.2 Å². The molecule has 2 rings (SSSR count). The van der Waals surface area contributed by atoms with Crippen molar-refractivity contribution in [2.24, 2.45) is 0 Å². The van der Waals surface area contributed by atoms with Crippen LogP contribution in [0.2, 0.25) is 4.47 Å². The van der Waals surface area contributed by atoms with E-state index in [2.05, 4.69) is 33.6 Å². The molecule has 0 fully saturated rings. The van der Waals surface area contributed by atoms with E-state index in [-0.39, 0.29) is 0 Å². The van der Waals surface area contributed by atoms with Gasteiger partial charge in [0.15, 0.2) is 4.47 Å². The molecule has 0 amide bonds. The first-order valence-electron chi connectivity index (χ1n) is 2.97. The summed E-state index contributed by atoms with van der Waals surface area (Å²) in [6, 6.07) is 6.12. The fraction of sp³-hybridized carbons (Fsp3) is 0. The maximum atomic E-state index is 5.74. The molecule has 0 saturated heterocycles. The summed E-state index contributed by atoms with van der Waals surface area (Å²) in [4.78, 5) is 4.15. The second kappa shape index (κ2) is 2.88. The summed E-state index contributed by atoms with van der Waals surface area (Å²) >= 11 is 9.51. The fourth-order valence-corrected chi connectivity index (χ4v) is 2.36. The van der Waals surface area contributed by atoms with Crippen molar-refractivity contribution in [2.45, 2.75) is 0 Å². The monoisotopic (exact) mass is 295 g/mol. The maximum absolute atomic E-state index is 5.74. The van der Waals surface area contributed by atoms with E-state index in [0.717, 1.165) is 10.2 Å². The van der Waals surface area contributed by atoms with Crippen LogP contribution in [0.15, 0.2) is 18.2 Å². The van der Waals surface area contributed by atoms with Crippen LogP contribution in [0.1, 0.15) is 0 Å². The average Bonchev–Trinajstić information content (AvgIpc) is 2.27. The van der Waals surface area contributed by atoms with E-state index in [1.54, 1.807) is 0 Å². The fourth-order valence-electron chi connectivity index (χ4n) is 0.872. The Morgan fingerprint density at radius 1 is 1.45 bits per heavy atom. The van der Waals surface area contributed by atoms with Crippen LogP contribution in [0.25, 0.3) is 10.2 Å². The van der Waals surface area contributed by atoms with Crippen molar-refractivity contribution in [2.75, 3.05) is 0 Å². The Morgan fingerprint density at radius 3 is 3.09 bits per heavy atom. The number of fused-ring (bicyclic) bond motifs is 1. The van der Waals surface area contributed by atoms with Crippen LogP contribution < -0.4 is 0 Å². The third-order valence-corrected chi connectivity index (χ3v) is 3.14. The predicted octanol–water partition coefficient (Wildman–Crippen LogP) is 3.55. The molecule has 2 aromatic rings. The lowest BCUT2D eigenvalue weighted by atomic mass is 10.3. The third kappa shape index (κ3) is 1.50. The quantitative estimate of drug-likeness (QED) is 0.677. The van der Waals surface area contributed by atoms with Gasteiger partial charge in [-0.1, -0.05) is 11.6 Å². The van der Waals surface area contributed by atoms with Gasteiger partial charge >= 0.3 is 0 Å². The van der Waals surface area contributed by atoms with Crippen molar-refractivity contribution >= 4 is 55.7 Å². The lowest BCUT2D eigenvalue weighted by Crippen LogP contribution is -1.69. The lowest BCUT2D eigenvalue weighted by Gasteiger charge is -1.86. The molecule has 0 saturated carbocycles.